The minimum Gasteiger partial charge on any atom is -0.331 e. The van der Waals surface area contributed by atoms with Crippen LogP contribution in [-0.2, 0) is 6.54 Å². The highest BCUT2D eigenvalue weighted by Gasteiger charge is 2.12. The molecule has 1 heterocycles. The Morgan fingerprint density at radius 2 is 2.11 bits per heavy atom. The highest BCUT2D eigenvalue weighted by atomic mass is 32.1. The lowest BCUT2D eigenvalue weighted by atomic mass is 9.92. The fourth-order valence-corrected chi connectivity index (χ4v) is 2.19. The average molecular weight is 259 g/mol. The summed E-state index contributed by atoms with van der Waals surface area (Å²) in [4.78, 5) is 3.18. The van der Waals surface area contributed by atoms with Gasteiger partial charge < -0.3 is 9.55 Å². The fraction of sp³-hybridized carbons (Fsp3) is 0.429. The first kappa shape index (κ1) is 12.8. The van der Waals surface area contributed by atoms with Crippen molar-refractivity contribution in [3.63, 3.8) is 0 Å². The van der Waals surface area contributed by atoms with Gasteiger partial charge in [0.2, 0.25) is 0 Å². The zero-order chi connectivity index (χ0) is 13.3. The van der Waals surface area contributed by atoms with Crippen LogP contribution < -0.4 is 0 Å². The van der Waals surface area contributed by atoms with Crippen molar-refractivity contribution < 1.29 is 0 Å². The summed E-state index contributed by atoms with van der Waals surface area (Å²) in [5.74, 6) is 0. The van der Waals surface area contributed by atoms with Crippen LogP contribution in [0.4, 0.5) is 0 Å². The molecular weight excluding hydrogens is 242 g/mol. The van der Waals surface area contributed by atoms with Crippen LogP contribution in [0.5, 0.6) is 0 Å². The van der Waals surface area contributed by atoms with Gasteiger partial charge in [0.05, 0.1) is 22.7 Å². The molecule has 0 aliphatic carbocycles. The summed E-state index contributed by atoms with van der Waals surface area (Å²) < 4.78 is 2.81. The molecule has 0 radical (unpaired) electrons. The van der Waals surface area contributed by atoms with Crippen molar-refractivity contribution in [2.45, 2.75) is 33.7 Å². The van der Waals surface area contributed by atoms with E-state index in [0.29, 0.717) is 5.56 Å². The second kappa shape index (κ2) is 4.58. The van der Waals surface area contributed by atoms with Gasteiger partial charge in [-0.05, 0) is 42.3 Å². The lowest BCUT2D eigenvalue weighted by molar-refractivity contribution is 0.352. The van der Waals surface area contributed by atoms with Crippen LogP contribution >= 0.6 is 12.2 Å². The van der Waals surface area contributed by atoms with Crippen molar-refractivity contribution in [3.8, 4) is 6.07 Å². The van der Waals surface area contributed by atoms with E-state index >= 15 is 0 Å². The Hall–Kier alpha value is -1.60. The van der Waals surface area contributed by atoms with Gasteiger partial charge in [-0.1, -0.05) is 20.8 Å². The largest absolute Gasteiger partial charge is 0.331 e. The molecule has 1 aromatic heterocycles. The van der Waals surface area contributed by atoms with Crippen molar-refractivity contribution in [1.82, 2.24) is 9.55 Å². The van der Waals surface area contributed by atoms with Crippen LogP contribution in [0.2, 0.25) is 0 Å². The van der Waals surface area contributed by atoms with Crippen molar-refractivity contribution in [3.05, 3.63) is 28.5 Å². The highest BCUT2D eigenvalue weighted by Crippen LogP contribution is 2.22. The zero-order valence-electron chi connectivity index (χ0n) is 10.9. The predicted molar refractivity (Wildman–Crippen MR) is 75.9 cm³/mol. The van der Waals surface area contributed by atoms with E-state index in [2.05, 4.69) is 36.4 Å². The number of benzene rings is 1. The molecule has 0 amide bonds. The SMILES string of the molecule is CC(C)(C)CCn1c(=S)[nH]c2ccc(C#N)cc21. The number of imidazole rings is 1. The zero-order valence-corrected chi connectivity index (χ0v) is 11.8. The number of nitrogens with one attached hydrogen (secondary N) is 1. The average Bonchev–Trinajstić information content (AvgIpc) is 2.60. The summed E-state index contributed by atoms with van der Waals surface area (Å²) in [6.07, 6.45) is 1.05. The first-order valence-electron chi connectivity index (χ1n) is 6.03. The number of hydrogen-bond donors (Lipinski definition) is 1. The predicted octanol–water partition coefficient (Wildman–Crippen LogP) is 4.01. The number of aromatic nitrogens is 2. The number of hydrogen-bond acceptors (Lipinski definition) is 2. The topological polar surface area (TPSA) is 44.5 Å². The molecule has 2 rings (SSSR count). The third-order valence-electron chi connectivity index (χ3n) is 2.99. The molecule has 4 heteroatoms. The van der Waals surface area contributed by atoms with Crippen molar-refractivity contribution >= 4 is 23.3 Å². The molecule has 0 fully saturated rings. The van der Waals surface area contributed by atoms with Gasteiger partial charge in [0, 0.05) is 6.54 Å². The first-order valence-corrected chi connectivity index (χ1v) is 6.44. The van der Waals surface area contributed by atoms with Gasteiger partial charge in [-0.15, -0.1) is 0 Å². The number of H-pyrrole nitrogens is 1. The molecule has 0 atom stereocenters. The Kier molecular flexibility index (Phi) is 3.27. The Labute approximate surface area is 112 Å². The minimum absolute atomic E-state index is 0.269. The third-order valence-corrected chi connectivity index (χ3v) is 3.31. The first-order chi connectivity index (χ1) is 8.40. The maximum atomic E-state index is 8.96. The van der Waals surface area contributed by atoms with Crippen LogP contribution in [-0.4, -0.2) is 9.55 Å². The van der Waals surface area contributed by atoms with Crippen LogP contribution in [0.1, 0.15) is 32.8 Å². The minimum atomic E-state index is 0.269. The maximum absolute atomic E-state index is 8.96. The van der Waals surface area contributed by atoms with E-state index in [0.717, 1.165) is 28.8 Å². The molecule has 0 saturated heterocycles. The Morgan fingerprint density at radius 3 is 2.72 bits per heavy atom. The molecule has 0 saturated carbocycles. The lowest BCUT2D eigenvalue weighted by Crippen LogP contribution is -2.10. The second-order valence-corrected chi connectivity index (χ2v) is 6.12. The molecule has 94 valence electrons. The Balaban J connectivity index is 2.46. The van der Waals surface area contributed by atoms with E-state index in [9.17, 15) is 0 Å². The van der Waals surface area contributed by atoms with Gasteiger partial charge in [-0.3, -0.25) is 0 Å². The van der Waals surface area contributed by atoms with E-state index in [1.807, 2.05) is 18.2 Å². The quantitative estimate of drug-likeness (QED) is 0.828. The highest BCUT2D eigenvalue weighted by molar-refractivity contribution is 7.71. The number of aryl methyl sites for hydroxylation is 1. The van der Waals surface area contributed by atoms with Gasteiger partial charge in [0.25, 0.3) is 0 Å². The number of nitriles is 1. The van der Waals surface area contributed by atoms with Gasteiger partial charge in [-0.2, -0.15) is 5.26 Å². The maximum Gasteiger partial charge on any atom is 0.178 e. The molecule has 18 heavy (non-hydrogen) atoms. The normalized spacial score (nSPS) is 11.7. The summed E-state index contributed by atoms with van der Waals surface area (Å²) in [6, 6.07) is 7.78. The van der Waals surface area contributed by atoms with E-state index in [-0.39, 0.29) is 5.41 Å². The summed E-state index contributed by atoms with van der Waals surface area (Å²) in [6.45, 7) is 7.52. The summed E-state index contributed by atoms with van der Waals surface area (Å²) in [5.41, 5.74) is 2.95. The molecule has 2 aromatic rings. The van der Waals surface area contributed by atoms with E-state index in [1.54, 1.807) is 0 Å². The van der Waals surface area contributed by atoms with Crippen molar-refractivity contribution in [1.29, 1.82) is 5.26 Å². The summed E-state index contributed by atoms with van der Waals surface area (Å²) in [7, 11) is 0. The Bertz CT molecular complexity index is 665. The molecule has 1 N–H and O–H groups in total. The fourth-order valence-electron chi connectivity index (χ4n) is 1.89. The van der Waals surface area contributed by atoms with Crippen molar-refractivity contribution in [2.75, 3.05) is 0 Å². The van der Waals surface area contributed by atoms with E-state index in [4.69, 9.17) is 17.5 Å². The number of aromatic amines is 1. The second-order valence-electron chi connectivity index (χ2n) is 5.74. The molecular formula is C14H17N3S. The van der Waals surface area contributed by atoms with Gasteiger partial charge in [0.15, 0.2) is 4.77 Å². The van der Waals surface area contributed by atoms with Crippen LogP contribution in [0.25, 0.3) is 11.0 Å². The summed E-state index contributed by atoms with van der Waals surface area (Å²) >= 11 is 5.35. The van der Waals surface area contributed by atoms with Gasteiger partial charge >= 0.3 is 0 Å². The Morgan fingerprint density at radius 1 is 1.39 bits per heavy atom. The van der Waals surface area contributed by atoms with Crippen LogP contribution in [0.3, 0.4) is 0 Å². The van der Waals surface area contributed by atoms with E-state index < -0.39 is 0 Å². The molecule has 3 nitrogen and oxygen atoms in total. The van der Waals surface area contributed by atoms with Crippen molar-refractivity contribution in [2.24, 2.45) is 5.41 Å². The lowest BCUT2D eigenvalue weighted by Gasteiger charge is -2.18. The molecule has 1 aromatic carbocycles. The molecule has 0 unspecified atom stereocenters. The monoisotopic (exact) mass is 259 g/mol. The molecule has 0 aliphatic heterocycles. The number of fused-ring (bicyclic) bond motifs is 1. The number of rotatable bonds is 2. The smallest absolute Gasteiger partial charge is 0.178 e. The third kappa shape index (κ3) is 2.62. The van der Waals surface area contributed by atoms with Crippen LogP contribution in [0, 0.1) is 21.5 Å². The molecule has 0 aliphatic rings. The summed E-state index contributed by atoms with van der Waals surface area (Å²) in [5, 5.41) is 8.96. The van der Waals surface area contributed by atoms with Gasteiger partial charge in [-0.25, -0.2) is 0 Å². The standard InChI is InChI=1S/C14H17N3S/c1-14(2,3)6-7-17-12-8-10(9-15)4-5-11(12)16-13(17)18/h4-5,8H,6-7H2,1-3H3,(H,16,18). The van der Waals surface area contributed by atoms with E-state index in [1.165, 1.54) is 0 Å². The van der Waals surface area contributed by atoms with Gasteiger partial charge in [0.1, 0.15) is 0 Å². The molecule has 0 spiro atoms. The van der Waals surface area contributed by atoms with Crippen LogP contribution in [0.15, 0.2) is 18.2 Å². The molecule has 0 bridgehead atoms. The number of nitrogens with zero attached hydrogens (tertiary/aromatic N) is 2.